The summed E-state index contributed by atoms with van der Waals surface area (Å²) in [6, 6.07) is 24.7. The van der Waals surface area contributed by atoms with Gasteiger partial charge in [0.25, 0.3) is 0 Å². The van der Waals surface area contributed by atoms with Crippen LogP contribution in [0.25, 0.3) is 11.4 Å². The van der Waals surface area contributed by atoms with Gasteiger partial charge in [-0.3, -0.25) is 0 Å². The van der Waals surface area contributed by atoms with Gasteiger partial charge < -0.3 is 0 Å². The predicted octanol–water partition coefficient (Wildman–Crippen LogP) is 2.88. The minimum atomic E-state index is -1.94. The summed E-state index contributed by atoms with van der Waals surface area (Å²) in [6.45, 7) is 4.59. The molecule has 4 nitrogen and oxygen atoms in total. The summed E-state index contributed by atoms with van der Waals surface area (Å²) in [7, 11) is -1.94. The van der Waals surface area contributed by atoms with E-state index >= 15 is 0 Å². The number of para-hydroxylation sites is 2. The molecule has 5 heteroatoms. The molecule has 0 saturated heterocycles. The molecular weight excluding hydrogens is 324 g/mol. The van der Waals surface area contributed by atoms with Gasteiger partial charge in [0.15, 0.2) is 8.07 Å². The first-order chi connectivity index (χ1) is 12.1. The van der Waals surface area contributed by atoms with Gasteiger partial charge in [0.1, 0.15) is 0 Å². The highest BCUT2D eigenvalue weighted by atomic mass is 28.3. The molecule has 0 aliphatic rings. The van der Waals surface area contributed by atoms with Gasteiger partial charge in [0.2, 0.25) is 0 Å². The van der Waals surface area contributed by atoms with E-state index in [-0.39, 0.29) is 0 Å². The molecule has 0 spiro atoms. The van der Waals surface area contributed by atoms with Crippen LogP contribution in [0.3, 0.4) is 0 Å². The summed E-state index contributed by atoms with van der Waals surface area (Å²) in [5.41, 5.74) is 2.15. The zero-order chi connectivity index (χ0) is 17.3. The van der Waals surface area contributed by atoms with Crippen LogP contribution in [0.15, 0.2) is 85.2 Å². The van der Waals surface area contributed by atoms with Crippen LogP contribution in [-0.4, -0.2) is 27.6 Å². The molecule has 0 bridgehead atoms. The Morgan fingerprint density at radius 3 is 1.40 bits per heavy atom. The van der Waals surface area contributed by atoms with Gasteiger partial charge in [0, 0.05) is 12.4 Å². The Bertz CT molecular complexity index is 891. The van der Waals surface area contributed by atoms with E-state index in [1.807, 2.05) is 58.2 Å². The monoisotopic (exact) mass is 344 g/mol. The third kappa shape index (κ3) is 2.94. The molecule has 0 aliphatic carbocycles. The Morgan fingerprint density at radius 2 is 1.00 bits per heavy atom. The van der Waals surface area contributed by atoms with Crippen LogP contribution < -0.4 is 10.6 Å². The SMILES string of the molecule is C[Si](C)(c1ccn(-c2ccccc2)n1)c1ccn(-c2ccccc2)n1. The van der Waals surface area contributed by atoms with Crippen LogP contribution in [0.5, 0.6) is 0 Å². The maximum atomic E-state index is 4.84. The Balaban J connectivity index is 1.66. The van der Waals surface area contributed by atoms with Gasteiger partial charge in [-0.25, -0.2) is 9.36 Å². The van der Waals surface area contributed by atoms with E-state index < -0.39 is 8.07 Å². The highest BCUT2D eigenvalue weighted by Crippen LogP contribution is 2.09. The van der Waals surface area contributed by atoms with Crippen molar-refractivity contribution >= 4 is 18.7 Å². The van der Waals surface area contributed by atoms with E-state index in [0.717, 1.165) is 22.0 Å². The molecule has 2 aromatic heterocycles. The van der Waals surface area contributed by atoms with Crippen LogP contribution in [-0.2, 0) is 0 Å². The van der Waals surface area contributed by atoms with E-state index in [2.05, 4.69) is 49.5 Å². The first-order valence-electron chi connectivity index (χ1n) is 8.38. The molecule has 0 aliphatic heterocycles. The summed E-state index contributed by atoms with van der Waals surface area (Å²) in [6.07, 6.45) is 4.07. The highest BCUT2D eigenvalue weighted by Gasteiger charge is 2.31. The fourth-order valence-corrected chi connectivity index (χ4v) is 4.86. The lowest BCUT2D eigenvalue weighted by Crippen LogP contribution is -2.54. The van der Waals surface area contributed by atoms with Crippen molar-refractivity contribution in [2.75, 3.05) is 0 Å². The van der Waals surface area contributed by atoms with E-state index in [1.165, 1.54) is 0 Å². The second-order valence-corrected chi connectivity index (χ2v) is 10.9. The summed E-state index contributed by atoms with van der Waals surface area (Å²) in [5, 5.41) is 11.9. The number of benzene rings is 2. The number of aromatic nitrogens is 4. The number of hydrogen-bond acceptors (Lipinski definition) is 2. The molecule has 0 atom stereocenters. The molecule has 124 valence electrons. The van der Waals surface area contributed by atoms with Gasteiger partial charge in [-0.1, -0.05) is 49.5 Å². The maximum Gasteiger partial charge on any atom is 0.163 e. The Morgan fingerprint density at radius 1 is 0.600 bits per heavy atom. The van der Waals surface area contributed by atoms with Crippen molar-refractivity contribution in [1.29, 1.82) is 0 Å². The van der Waals surface area contributed by atoms with E-state index in [9.17, 15) is 0 Å². The predicted molar refractivity (Wildman–Crippen MR) is 104 cm³/mol. The molecule has 2 aromatic carbocycles. The molecule has 0 fully saturated rings. The molecule has 0 unspecified atom stereocenters. The fraction of sp³-hybridized carbons (Fsp3) is 0.100. The maximum absolute atomic E-state index is 4.84. The Kier molecular flexibility index (Phi) is 3.86. The highest BCUT2D eigenvalue weighted by molar-refractivity contribution is 6.99. The van der Waals surface area contributed by atoms with Gasteiger partial charge in [-0.05, 0) is 36.4 Å². The van der Waals surface area contributed by atoms with E-state index in [0.29, 0.717) is 0 Å². The number of nitrogens with zero attached hydrogens (tertiary/aromatic N) is 4. The van der Waals surface area contributed by atoms with E-state index in [1.54, 1.807) is 0 Å². The van der Waals surface area contributed by atoms with Crippen molar-refractivity contribution in [1.82, 2.24) is 19.6 Å². The van der Waals surface area contributed by atoms with Crippen LogP contribution in [0.1, 0.15) is 0 Å². The first kappa shape index (κ1) is 15.6. The smallest absolute Gasteiger partial charge is 0.163 e. The summed E-state index contributed by atoms with van der Waals surface area (Å²) in [4.78, 5) is 0. The third-order valence-corrected chi connectivity index (χ3v) is 7.60. The lowest BCUT2D eigenvalue weighted by atomic mass is 10.3. The Labute approximate surface area is 148 Å². The normalized spacial score (nSPS) is 11.6. The Hall–Kier alpha value is -2.92. The first-order valence-corrected chi connectivity index (χ1v) is 11.4. The van der Waals surface area contributed by atoms with Crippen molar-refractivity contribution in [3.05, 3.63) is 85.2 Å². The van der Waals surface area contributed by atoms with Crippen LogP contribution in [0.2, 0.25) is 13.1 Å². The second-order valence-electron chi connectivity index (χ2n) is 6.59. The molecular formula is C20H20N4Si. The van der Waals surface area contributed by atoms with Crippen molar-refractivity contribution in [3.8, 4) is 11.4 Å². The quantitative estimate of drug-likeness (QED) is 0.534. The number of rotatable bonds is 4. The topological polar surface area (TPSA) is 35.6 Å². The van der Waals surface area contributed by atoms with E-state index in [4.69, 9.17) is 10.2 Å². The fourth-order valence-electron chi connectivity index (χ4n) is 2.89. The summed E-state index contributed by atoms with van der Waals surface area (Å²) in [5.74, 6) is 0. The minimum absolute atomic E-state index is 1.08. The van der Waals surface area contributed by atoms with Gasteiger partial charge in [0.05, 0.1) is 22.0 Å². The number of hydrogen-bond donors (Lipinski definition) is 0. The molecule has 4 rings (SSSR count). The van der Waals surface area contributed by atoms with Gasteiger partial charge >= 0.3 is 0 Å². The third-order valence-electron chi connectivity index (χ3n) is 4.50. The summed E-state index contributed by atoms with van der Waals surface area (Å²) < 4.78 is 3.89. The zero-order valence-corrected chi connectivity index (χ0v) is 15.4. The molecule has 0 radical (unpaired) electrons. The van der Waals surface area contributed by atoms with Crippen LogP contribution >= 0.6 is 0 Å². The van der Waals surface area contributed by atoms with Gasteiger partial charge in [-0.15, -0.1) is 0 Å². The minimum Gasteiger partial charge on any atom is -0.241 e. The average Bonchev–Trinajstić information content (AvgIpc) is 3.34. The largest absolute Gasteiger partial charge is 0.241 e. The lowest BCUT2D eigenvalue weighted by molar-refractivity contribution is 0.885. The molecule has 0 amide bonds. The standard InChI is InChI=1S/C20H20N4Si/c1-25(2,19-13-15-23(21-19)17-9-5-3-6-10-17)20-14-16-24(22-20)18-11-7-4-8-12-18/h3-16H,1-2H3. The average molecular weight is 344 g/mol. The summed E-state index contributed by atoms with van der Waals surface area (Å²) >= 11 is 0. The lowest BCUT2D eigenvalue weighted by Gasteiger charge is -2.17. The molecule has 0 saturated carbocycles. The van der Waals surface area contributed by atoms with Crippen molar-refractivity contribution in [2.24, 2.45) is 0 Å². The van der Waals surface area contributed by atoms with Crippen molar-refractivity contribution in [3.63, 3.8) is 0 Å². The second kappa shape index (κ2) is 6.18. The van der Waals surface area contributed by atoms with Crippen molar-refractivity contribution in [2.45, 2.75) is 13.1 Å². The van der Waals surface area contributed by atoms with Crippen LogP contribution in [0.4, 0.5) is 0 Å². The molecule has 0 N–H and O–H groups in total. The van der Waals surface area contributed by atoms with Gasteiger partial charge in [-0.2, -0.15) is 10.2 Å². The molecule has 2 heterocycles. The molecule has 25 heavy (non-hydrogen) atoms. The molecule has 4 aromatic rings. The van der Waals surface area contributed by atoms with Crippen LogP contribution in [0, 0.1) is 0 Å². The van der Waals surface area contributed by atoms with Crippen molar-refractivity contribution < 1.29 is 0 Å². The zero-order valence-electron chi connectivity index (χ0n) is 14.4.